The van der Waals surface area contributed by atoms with Crippen molar-refractivity contribution in [2.75, 3.05) is 0 Å². The van der Waals surface area contributed by atoms with Crippen LogP contribution in [-0.4, -0.2) is 4.98 Å². The minimum atomic E-state index is 0.836. The third-order valence-corrected chi connectivity index (χ3v) is 5.79. The van der Waals surface area contributed by atoms with Crippen molar-refractivity contribution in [3.05, 3.63) is 110 Å². The quantitative estimate of drug-likeness (QED) is 0.299. The van der Waals surface area contributed by atoms with Gasteiger partial charge in [0.2, 0.25) is 0 Å². The maximum Gasteiger partial charge on any atom is 0.0705 e. The Morgan fingerprint density at radius 2 is 1.30 bits per heavy atom. The van der Waals surface area contributed by atoms with Crippen LogP contribution in [0.2, 0.25) is 0 Å². The van der Waals surface area contributed by atoms with Crippen LogP contribution < -0.4 is 0 Å². The topological polar surface area (TPSA) is 12.9 Å². The fourth-order valence-corrected chi connectivity index (χ4v) is 3.83. The molecule has 0 bridgehead atoms. The van der Waals surface area contributed by atoms with Crippen molar-refractivity contribution in [1.29, 1.82) is 0 Å². The molecule has 3 heteroatoms. The summed E-state index contributed by atoms with van der Waals surface area (Å²) in [5, 5.41) is 1.21. The minimum absolute atomic E-state index is 0.836. The van der Waals surface area contributed by atoms with Crippen molar-refractivity contribution in [3.8, 4) is 0 Å². The van der Waals surface area contributed by atoms with E-state index in [1.54, 1.807) is 0 Å². The number of rotatable bonds is 4. The van der Waals surface area contributed by atoms with Crippen molar-refractivity contribution in [1.82, 2.24) is 4.98 Å². The van der Waals surface area contributed by atoms with Crippen molar-refractivity contribution in [3.63, 3.8) is 0 Å². The molecule has 0 aliphatic rings. The highest BCUT2D eigenvalue weighted by Crippen LogP contribution is 2.24. The van der Waals surface area contributed by atoms with Gasteiger partial charge in [-0.05, 0) is 72.5 Å². The number of aryl methyl sites for hydroxylation is 1. The van der Waals surface area contributed by atoms with Crippen molar-refractivity contribution >= 4 is 42.8 Å². The summed E-state index contributed by atoms with van der Waals surface area (Å²) >= 11 is 7.03. The van der Waals surface area contributed by atoms with Crippen LogP contribution in [0.4, 0.5) is 0 Å². The van der Waals surface area contributed by atoms with Crippen LogP contribution in [0.1, 0.15) is 27.9 Å². The van der Waals surface area contributed by atoms with E-state index in [1.165, 1.54) is 27.6 Å². The van der Waals surface area contributed by atoms with E-state index in [2.05, 4.69) is 112 Å². The maximum atomic E-state index is 5.03. The van der Waals surface area contributed by atoms with Crippen LogP contribution in [0.15, 0.2) is 81.7 Å². The molecule has 4 aromatic rings. The highest BCUT2D eigenvalue weighted by atomic mass is 79.9. The lowest BCUT2D eigenvalue weighted by Crippen LogP contribution is -2.01. The van der Waals surface area contributed by atoms with E-state index in [9.17, 15) is 0 Å². The summed E-state index contributed by atoms with van der Waals surface area (Å²) in [6.45, 7) is 2.13. The predicted octanol–water partition coefficient (Wildman–Crippen LogP) is 7.25. The molecule has 0 spiro atoms. The van der Waals surface area contributed by atoms with E-state index in [-0.39, 0.29) is 0 Å². The van der Waals surface area contributed by atoms with Crippen LogP contribution in [0.3, 0.4) is 0 Å². The van der Waals surface area contributed by atoms with Gasteiger partial charge in [0.15, 0.2) is 0 Å². The van der Waals surface area contributed by atoms with Gasteiger partial charge in [-0.3, -0.25) is 4.98 Å². The molecule has 0 unspecified atom stereocenters. The Morgan fingerprint density at radius 1 is 0.704 bits per heavy atom. The third-order valence-electron chi connectivity index (χ3n) is 4.73. The molecule has 0 saturated carbocycles. The second-order valence-electron chi connectivity index (χ2n) is 6.90. The predicted molar refractivity (Wildman–Crippen MR) is 120 cm³/mol. The Hall–Kier alpha value is -1.97. The zero-order valence-electron chi connectivity index (χ0n) is 15.0. The summed E-state index contributed by atoms with van der Waals surface area (Å²) in [6.07, 6.45) is 1.72. The lowest BCUT2D eigenvalue weighted by Gasteiger charge is -2.12. The van der Waals surface area contributed by atoms with Crippen molar-refractivity contribution in [2.24, 2.45) is 0 Å². The van der Waals surface area contributed by atoms with Gasteiger partial charge in [-0.25, -0.2) is 0 Å². The number of pyridine rings is 1. The zero-order chi connectivity index (χ0) is 18.8. The second-order valence-corrected chi connectivity index (χ2v) is 8.73. The highest BCUT2D eigenvalue weighted by Gasteiger charge is 2.10. The summed E-state index contributed by atoms with van der Waals surface area (Å²) in [5.41, 5.74) is 7.33. The monoisotopic (exact) mass is 479 g/mol. The van der Waals surface area contributed by atoms with E-state index in [4.69, 9.17) is 4.98 Å². The Bertz CT molecular complexity index is 1080. The van der Waals surface area contributed by atoms with Crippen LogP contribution in [-0.2, 0) is 12.8 Å². The Balaban J connectivity index is 1.77. The maximum absolute atomic E-state index is 5.03. The van der Waals surface area contributed by atoms with E-state index in [0.29, 0.717) is 0 Å². The first-order valence-electron chi connectivity index (χ1n) is 8.95. The lowest BCUT2D eigenvalue weighted by molar-refractivity contribution is 1.03. The number of aromatic nitrogens is 1. The van der Waals surface area contributed by atoms with Gasteiger partial charge >= 0.3 is 0 Å². The van der Waals surface area contributed by atoms with Crippen LogP contribution in [0, 0.1) is 6.92 Å². The molecule has 0 saturated heterocycles. The standard InChI is InChI=1S/C24H19Br2N/c1-16-2-11-23-19(12-16)15-20(13-17-3-7-21(25)8-4-17)24(27-23)14-18-5-9-22(26)10-6-18/h2-12,15H,13-14H2,1H3. The second kappa shape index (κ2) is 7.95. The summed E-state index contributed by atoms with van der Waals surface area (Å²) < 4.78 is 2.21. The van der Waals surface area contributed by atoms with E-state index in [1.807, 2.05) is 0 Å². The first-order valence-corrected chi connectivity index (χ1v) is 10.5. The average Bonchev–Trinajstić information content (AvgIpc) is 2.66. The molecule has 0 radical (unpaired) electrons. The highest BCUT2D eigenvalue weighted by molar-refractivity contribution is 9.10. The molecule has 27 heavy (non-hydrogen) atoms. The number of fused-ring (bicyclic) bond motifs is 1. The van der Waals surface area contributed by atoms with Gasteiger partial charge in [-0.15, -0.1) is 0 Å². The van der Waals surface area contributed by atoms with E-state index < -0.39 is 0 Å². The van der Waals surface area contributed by atoms with Crippen molar-refractivity contribution in [2.45, 2.75) is 19.8 Å². The minimum Gasteiger partial charge on any atom is -0.252 e. The molecule has 0 amide bonds. The first kappa shape index (κ1) is 18.4. The summed E-state index contributed by atoms with van der Waals surface area (Å²) in [6, 6.07) is 25.8. The van der Waals surface area contributed by atoms with E-state index >= 15 is 0 Å². The molecule has 1 heterocycles. The van der Waals surface area contributed by atoms with Crippen LogP contribution in [0.25, 0.3) is 10.9 Å². The molecule has 4 rings (SSSR count). The Kier molecular flexibility index (Phi) is 5.42. The van der Waals surface area contributed by atoms with Crippen LogP contribution >= 0.6 is 31.9 Å². The van der Waals surface area contributed by atoms with Gasteiger partial charge in [-0.2, -0.15) is 0 Å². The molecular weight excluding hydrogens is 462 g/mol. The smallest absolute Gasteiger partial charge is 0.0705 e. The van der Waals surface area contributed by atoms with Gasteiger partial charge in [-0.1, -0.05) is 67.8 Å². The molecule has 0 fully saturated rings. The lowest BCUT2D eigenvalue weighted by atomic mass is 9.97. The fourth-order valence-electron chi connectivity index (χ4n) is 3.30. The summed E-state index contributed by atoms with van der Waals surface area (Å²) in [7, 11) is 0. The number of hydrogen-bond donors (Lipinski definition) is 0. The zero-order valence-corrected chi connectivity index (χ0v) is 18.2. The molecule has 1 nitrogen and oxygen atoms in total. The number of benzene rings is 3. The molecule has 0 N–H and O–H groups in total. The molecule has 1 aromatic heterocycles. The van der Waals surface area contributed by atoms with Gasteiger partial charge in [0.05, 0.1) is 5.52 Å². The van der Waals surface area contributed by atoms with Gasteiger partial charge in [0.1, 0.15) is 0 Å². The molecule has 3 aromatic carbocycles. The third kappa shape index (κ3) is 4.48. The van der Waals surface area contributed by atoms with Crippen molar-refractivity contribution < 1.29 is 0 Å². The summed E-state index contributed by atoms with van der Waals surface area (Å²) in [4.78, 5) is 5.03. The van der Waals surface area contributed by atoms with Crippen LogP contribution in [0.5, 0.6) is 0 Å². The van der Waals surface area contributed by atoms with Gasteiger partial charge in [0, 0.05) is 26.4 Å². The Morgan fingerprint density at radius 3 is 1.93 bits per heavy atom. The largest absolute Gasteiger partial charge is 0.252 e. The van der Waals surface area contributed by atoms with Gasteiger partial charge in [0.25, 0.3) is 0 Å². The molecule has 0 atom stereocenters. The number of halogens is 2. The fraction of sp³-hybridized carbons (Fsp3) is 0.125. The number of nitrogens with zero attached hydrogens (tertiary/aromatic N) is 1. The molecule has 0 aliphatic heterocycles. The summed E-state index contributed by atoms with van der Waals surface area (Å²) in [5.74, 6) is 0. The number of hydrogen-bond acceptors (Lipinski definition) is 1. The SMILES string of the molecule is Cc1ccc2nc(Cc3ccc(Br)cc3)c(Cc3ccc(Br)cc3)cc2c1. The normalized spacial score (nSPS) is 11.1. The molecule has 134 valence electrons. The van der Waals surface area contributed by atoms with E-state index in [0.717, 1.165) is 33.0 Å². The average molecular weight is 481 g/mol. The van der Waals surface area contributed by atoms with Gasteiger partial charge < -0.3 is 0 Å². The first-order chi connectivity index (χ1) is 13.1. The Labute approximate surface area is 176 Å². The molecule has 0 aliphatic carbocycles. The molecular formula is C24H19Br2N.